The van der Waals surface area contributed by atoms with E-state index in [1.54, 1.807) is 0 Å². The second-order valence-corrected chi connectivity index (χ2v) is 6.56. The van der Waals surface area contributed by atoms with Gasteiger partial charge in [0.15, 0.2) is 0 Å². The number of ether oxygens (including phenoxy) is 1. The van der Waals surface area contributed by atoms with Crippen LogP contribution in [0.5, 0.6) is 0 Å². The topological polar surface area (TPSA) is 47.3 Å². The largest absolute Gasteiger partial charge is 0.378 e. The average Bonchev–Trinajstić information content (AvgIpc) is 2.95. The van der Waals surface area contributed by atoms with Crippen molar-refractivity contribution in [2.24, 2.45) is 17.7 Å². The normalized spacial score (nSPS) is 33.5. The van der Waals surface area contributed by atoms with Crippen molar-refractivity contribution in [1.29, 1.82) is 0 Å². The fourth-order valence-electron chi connectivity index (χ4n) is 3.98. The van der Waals surface area contributed by atoms with Gasteiger partial charge in [0.05, 0.1) is 6.10 Å². The molecular formula is C16H32N2O. The van der Waals surface area contributed by atoms with E-state index in [-0.39, 0.29) is 0 Å². The van der Waals surface area contributed by atoms with E-state index in [0.717, 1.165) is 18.4 Å². The Bertz CT molecular complexity index is 233. The highest BCUT2D eigenvalue weighted by Gasteiger charge is 2.27. The van der Waals surface area contributed by atoms with E-state index in [2.05, 4.69) is 12.3 Å². The number of nitrogens with one attached hydrogen (secondary N) is 1. The Morgan fingerprint density at radius 1 is 1.16 bits per heavy atom. The summed E-state index contributed by atoms with van der Waals surface area (Å²) in [7, 11) is 0. The van der Waals surface area contributed by atoms with Gasteiger partial charge in [0.25, 0.3) is 0 Å². The van der Waals surface area contributed by atoms with E-state index in [4.69, 9.17) is 10.6 Å². The van der Waals surface area contributed by atoms with Crippen molar-refractivity contribution in [3.05, 3.63) is 0 Å². The number of hydrazine groups is 1. The van der Waals surface area contributed by atoms with E-state index >= 15 is 0 Å². The number of nitrogens with two attached hydrogens (primary N) is 1. The molecule has 0 aromatic heterocycles. The Balaban J connectivity index is 1.69. The van der Waals surface area contributed by atoms with Gasteiger partial charge in [-0.15, -0.1) is 0 Å². The Labute approximate surface area is 118 Å². The van der Waals surface area contributed by atoms with Crippen molar-refractivity contribution >= 4 is 0 Å². The molecule has 3 nitrogen and oxygen atoms in total. The standard InChI is InChI=1S/C16H32N2O/c1-2-4-13-6-8-14(9-7-13)16(18-17)11-10-15-5-3-12-19-15/h13-16,18H,2-12,17H2,1H3. The molecule has 3 heteroatoms. The highest BCUT2D eigenvalue weighted by molar-refractivity contribution is 4.82. The first-order valence-electron chi connectivity index (χ1n) is 8.41. The minimum Gasteiger partial charge on any atom is -0.378 e. The third-order valence-electron chi connectivity index (χ3n) is 5.20. The zero-order valence-electron chi connectivity index (χ0n) is 12.6. The summed E-state index contributed by atoms with van der Waals surface area (Å²) >= 11 is 0. The zero-order chi connectivity index (χ0) is 13.5. The smallest absolute Gasteiger partial charge is 0.0576 e. The summed E-state index contributed by atoms with van der Waals surface area (Å²) in [6.07, 6.45) is 13.7. The molecule has 0 aromatic rings. The maximum absolute atomic E-state index is 5.79. The van der Waals surface area contributed by atoms with Crippen LogP contribution in [0.25, 0.3) is 0 Å². The lowest BCUT2D eigenvalue weighted by Gasteiger charge is -2.34. The highest BCUT2D eigenvalue weighted by atomic mass is 16.5. The predicted molar refractivity (Wildman–Crippen MR) is 79.7 cm³/mol. The molecule has 2 atom stereocenters. The van der Waals surface area contributed by atoms with Crippen LogP contribution in [0.4, 0.5) is 0 Å². The number of hydrogen-bond donors (Lipinski definition) is 2. The molecular weight excluding hydrogens is 236 g/mol. The molecule has 2 aliphatic rings. The molecule has 1 saturated heterocycles. The Morgan fingerprint density at radius 2 is 1.95 bits per heavy atom. The van der Waals surface area contributed by atoms with Crippen LogP contribution in [0.3, 0.4) is 0 Å². The van der Waals surface area contributed by atoms with Gasteiger partial charge in [-0.3, -0.25) is 11.3 Å². The maximum atomic E-state index is 5.79. The lowest BCUT2D eigenvalue weighted by atomic mass is 9.76. The van der Waals surface area contributed by atoms with Crippen molar-refractivity contribution < 1.29 is 4.74 Å². The van der Waals surface area contributed by atoms with Crippen molar-refractivity contribution in [3.63, 3.8) is 0 Å². The molecule has 1 saturated carbocycles. The lowest BCUT2D eigenvalue weighted by molar-refractivity contribution is 0.0943. The van der Waals surface area contributed by atoms with Gasteiger partial charge >= 0.3 is 0 Å². The monoisotopic (exact) mass is 268 g/mol. The van der Waals surface area contributed by atoms with Crippen LogP contribution in [0.2, 0.25) is 0 Å². The molecule has 112 valence electrons. The molecule has 1 aliphatic heterocycles. The molecule has 2 fully saturated rings. The van der Waals surface area contributed by atoms with Gasteiger partial charge in [0.2, 0.25) is 0 Å². The summed E-state index contributed by atoms with van der Waals surface area (Å²) in [5.74, 6) is 7.57. The van der Waals surface area contributed by atoms with Crippen LogP contribution in [-0.4, -0.2) is 18.8 Å². The van der Waals surface area contributed by atoms with Gasteiger partial charge in [-0.1, -0.05) is 32.6 Å². The first-order valence-corrected chi connectivity index (χ1v) is 8.41. The summed E-state index contributed by atoms with van der Waals surface area (Å²) in [5.41, 5.74) is 3.09. The van der Waals surface area contributed by atoms with Gasteiger partial charge in [0, 0.05) is 12.6 Å². The molecule has 19 heavy (non-hydrogen) atoms. The fraction of sp³-hybridized carbons (Fsp3) is 1.00. The predicted octanol–water partition coefficient (Wildman–Crippen LogP) is 3.38. The molecule has 1 aliphatic carbocycles. The Kier molecular flexibility index (Phi) is 6.62. The maximum Gasteiger partial charge on any atom is 0.0576 e. The molecule has 1 heterocycles. The van der Waals surface area contributed by atoms with Crippen molar-refractivity contribution in [2.75, 3.05) is 6.61 Å². The average molecular weight is 268 g/mol. The first-order chi connectivity index (χ1) is 9.33. The van der Waals surface area contributed by atoms with Gasteiger partial charge < -0.3 is 4.74 Å². The Morgan fingerprint density at radius 3 is 2.53 bits per heavy atom. The quantitative estimate of drug-likeness (QED) is 0.549. The molecule has 2 unspecified atom stereocenters. The van der Waals surface area contributed by atoms with Crippen molar-refractivity contribution in [1.82, 2.24) is 5.43 Å². The minimum atomic E-state index is 0.506. The van der Waals surface area contributed by atoms with Gasteiger partial charge in [-0.05, 0) is 50.4 Å². The SMILES string of the molecule is CCCC1CCC(C(CCC2CCCO2)NN)CC1. The molecule has 0 spiro atoms. The third-order valence-corrected chi connectivity index (χ3v) is 5.20. The molecule has 2 rings (SSSR count). The van der Waals surface area contributed by atoms with E-state index in [9.17, 15) is 0 Å². The van der Waals surface area contributed by atoms with Crippen molar-refractivity contribution in [3.8, 4) is 0 Å². The highest BCUT2D eigenvalue weighted by Crippen LogP contribution is 2.34. The van der Waals surface area contributed by atoms with Gasteiger partial charge in [-0.25, -0.2) is 0 Å². The lowest BCUT2D eigenvalue weighted by Crippen LogP contribution is -2.42. The summed E-state index contributed by atoms with van der Waals surface area (Å²) in [4.78, 5) is 0. The summed E-state index contributed by atoms with van der Waals surface area (Å²) in [6, 6.07) is 0.506. The molecule has 0 bridgehead atoms. The number of hydrogen-bond acceptors (Lipinski definition) is 3. The Hall–Kier alpha value is -0.120. The molecule has 0 amide bonds. The van der Waals surface area contributed by atoms with Gasteiger partial charge in [-0.2, -0.15) is 0 Å². The van der Waals surface area contributed by atoms with E-state index < -0.39 is 0 Å². The van der Waals surface area contributed by atoms with Crippen LogP contribution >= 0.6 is 0 Å². The zero-order valence-corrected chi connectivity index (χ0v) is 12.6. The van der Waals surface area contributed by atoms with Crippen molar-refractivity contribution in [2.45, 2.75) is 83.3 Å². The summed E-state index contributed by atoms with van der Waals surface area (Å²) in [6.45, 7) is 3.27. The van der Waals surface area contributed by atoms with E-state index in [1.165, 1.54) is 64.2 Å². The van der Waals surface area contributed by atoms with Crippen LogP contribution in [0.15, 0.2) is 0 Å². The van der Waals surface area contributed by atoms with Crippen LogP contribution < -0.4 is 11.3 Å². The second-order valence-electron chi connectivity index (χ2n) is 6.56. The van der Waals surface area contributed by atoms with Crippen LogP contribution in [0.1, 0.15) is 71.1 Å². The van der Waals surface area contributed by atoms with E-state index in [0.29, 0.717) is 12.1 Å². The van der Waals surface area contributed by atoms with Crippen LogP contribution in [0, 0.1) is 11.8 Å². The number of rotatable bonds is 7. The molecule has 0 radical (unpaired) electrons. The van der Waals surface area contributed by atoms with Gasteiger partial charge in [0.1, 0.15) is 0 Å². The second kappa shape index (κ2) is 8.23. The van der Waals surface area contributed by atoms with Crippen LogP contribution in [-0.2, 0) is 4.74 Å². The molecule has 0 aromatic carbocycles. The third kappa shape index (κ3) is 4.73. The van der Waals surface area contributed by atoms with E-state index in [1.807, 2.05) is 0 Å². The first kappa shape index (κ1) is 15.3. The summed E-state index contributed by atoms with van der Waals surface area (Å²) < 4.78 is 5.72. The fourth-order valence-corrected chi connectivity index (χ4v) is 3.98. The summed E-state index contributed by atoms with van der Waals surface area (Å²) in [5, 5.41) is 0. The minimum absolute atomic E-state index is 0.506. The molecule has 3 N–H and O–H groups in total.